The predicted molar refractivity (Wildman–Crippen MR) is 134 cm³/mol. The Hall–Kier alpha value is -3.77. The summed E-state index contributed by atoms with van der Waals surface area (Å²) in [5.74, 6) is 0.969. The number of carbonyl (C=O) groups excluding carboxylic acids is 1. The van der Waals surface area contributed by atoms with E-state index in [4.69, 9.17) is 9.47 Å². The zero-order valence-electron chi connectivity index (χ0n) is 19.2. The average molecular weight is 444 g/mol. The van der Waals surface area contributed by atoms with Crippen molar-refractivity contribution in [1.82, 2.24) is 5.32 Å². The molecule has 0 atom stereocenters. The van der Waals surface area contributed by atoms with Crippen LogP contribution in [0.3, 0.4) is 0 Å². The molecule has 0 aliphatic carbocycles. The SMILES string of the molecule is CCNCCc1ccc(NC(=C2C(=O)Nc3cc(OC)c(OC)cc32)c2ccccc2)cc1. The molecule has 3 aromatic carbocycles. The third-order valence-corrected chi connectivity index (χ3v) is 5.64. The summed E-state index contributed by atoms with van der Waals surface area (Å²) in [5, 5.41) is 9.82. The first-order valence-corrected chi connectivity index (χ1v) is 11.1. The first-order chi connectivity index (χ1) is 16.1. The van der Waals surface area contributed by atoms with E-state index in [1.54, 1.807) is 20.3 Å². The van der Waals surface area contributed by atoms with Gasteiger partial charge in [0.2, 0.25) is 0 Å². The molecule has 3 N–H and O–H groups in total. The first kappa shape index (κ1) is 22.4. The van der Waals surface area contributed by atoms with Crippen LogP contribution in [0.4, 0.5) is 11.4 Å². The molecule has 1 amide bonds. The van der Waals surface area contributed by atoms with E-state index in [9.17, 15) is 4.79 Å². The van der Waals surface area contributed by atoms with Crippen molar-refractivity contribution in [2.75, 3.05) is 37.9 Å². The molecule has 0 aromatic heterocycles. The Kier molecular flexibility index (Phi) is 6.95. The Bertz CT molecular complexity index is 1160. The number of rotatable bonds is 9. The van der Waals surface area contributed by atoms with E-state index in [0.29, 0.717) is 22.8 Å². The lowest BCUT2D eigenvalue weighted by molar-refractivity contribution is -0.110. The molecule has 6 nitrogen and oxygen atoms in total. The van der Waals surface area contributed by atoms with Crippen LogP contribution < -0.4 is 25.4 Å². The molecular weight excluding hydrogens is 414 g/mol. The molecule has 1 aliphatic rings. The quantitative estimate of drug-likeness (QED) is 0.328. The van der Waals surface area contributed by atoms with Gasteiger partial charge in [0.1, 0.15) is 0 Å². The molecular formula is C27H29N3O3. The van der Waals surface area contributed by atoms with Gasteiger partial charge in [-0.3, -0.25) is 4.79 Å². The Morgan fingerprint density at radius 2 is 1.64 bits per heavy atom. The summed E-state index contributed by atoms with van der Waals surface area (Å²) >= 11 is 0. The highest BCUT2D eigenvalue weighted by Crippen LogP contribution is 2.43. The van der Waals surface area contributed by atoms with Crippen LogP contribution in [-0.2, 0) is 11.2 Å². The fourth-order valence-corrected chi connectivity index (χ4v) is 3.94. The molecule has 0 unspecified atom stereocenters. The highest BCUT2D eigenvalue weighted by Gasteiger charge is 2.30. The smallest absolute Gasteiger partial charge is 0.258 e. The monoisotopic (exact) mass is 443 g/mol. The molecule has 0 saturated heterocycles. The summed E-state index contributed by atoms with van der Waals surface area (Å²) in [6, 6.07) is 21.8. The van der Waals surface area contributed by atoms with Gasteiger partial charge in [-0.15, -0.1) is 0 Å². The maximum Gasteiger partial charge on any atom is 0.258 e. The molecule has 0 spiro atoms. The van der Waals surface area contributed by atoms with E-state index in [2.05, 4.69) is 35.0 Å². The second-order valence-electron chi connectivity index (χ2n) is 7.75. The van der Waals surface area contributed by atoms with Gasteiger partial charge >= 0.3 is 0 Å². The van der Waals surface area contributed by atoms with Gasteiger partial charge in [-0.05, 0) is 48.8 Å². The number of hydrogen-bond acceptors (Lipinski definition) is 5. The average Bonchev–Trinajstić information content (AvgIpc) is 3.17. The number of amides is 1. The minimum absolute atomic E-state index is 0.172. The Morgan fingerprint density at radius 1 is 0.939 bits per heavy atom. The van der Waals surface area contributed by atoms with E-state index in [-0.39, 0.29) is 5.91 Å². The normalized spacial score (nSPS) is 13.8. The maximum atomic E-state index is 13.1. The van der Waals surface area contributed by atoms with Crippen LogP contribution in [0.5, 0.6) is 11.5 Å². The summed E-state index contributed by atoms with van der Waals surface area (Å²) in [4.78, 5) is 13.1. The zero-order valence-corrected chi connectivity index (χ0v) is 19.2. The second-order valence-corrected chi connectivity index (χ2v) is 7.75. The number of anilines is 2. The lowest BCUT2D eigenvalue weighted by Crippen LogP contribution is -2.16. The van der Waals surface area contributed by atoms with Gasteiger partial charge in [-0.2, -0.15) is 0 Å². The van der Waals surface area contributed by atoms with Crippen LogP contribution in [-0.4, -0.2) is 33.2 Å². The van der Waals surface area contributed by atoms with Crippen molar-refractivity contribution in [1.29, 1.82) is 0 Å². The fraction of sp³-hybridized carbons (Fsp3) is 0.222. The molecule has 0 bridgehead atoms. The molecule has 6 heteroatoms. The van der Waals surface area contributed by atoms with Gasteiger partial charge in [0, 0.05) is 17.3 Å². The van der Waals surface area contributed by atoms with Crippen molar-refractivity contribution in [2.24, 2.45) is 0 Å². The Labute approximate surface area is 194 Å². The van der Waals surface area contributed by atoms with Gasteiger partial charge in [-0.25, -0.2) is 0 Å². The number of benzene rings is 3. The second kappa shape index (κ2) is 10.2. The lowest BCUT2D eigenvalue weighted by Gasteiger charge is -2.16. The maximum absolute atomic E-state index is 13.1. The molecule has 0 radical (unpaired) electrons. The van der Waals surface area contributed by atoms with Crippen molar-refractivity contribution in [3.8, 4) is 11.5 Å². The van der Waals surface area contributed by atoms with Gasteiger partial charge in [0.05, 0.1) is 31.2 Å². The van der Waals surface area contributed by atoms with Gasteiger partial charge in [0.25, 0.3) is 5.91 Å². The highest BCUT2D eigenvalue weighted by molar-refractivity contribution is 6.37. The lowest BCUT2D eigenvalue weighted by atomic mass is 9.99. The fourth-order valence-electron chi connectivity index (χ4n) is 3.94. The third-order valence-electron chi connectivity index (χ3n) is 5.64. The molecule has 1 aliphatic heterocycles. The molecule has 170 valence electrons. The van der Waals surface area contributed by atoms with Crippen LogP contribution in [0.15, 0.2) is 66.7 Å². The molecule has 0 saturated carbocycles. The Morgan fingerprint density at radius 3 is 2.30 bits per heavy atom. The number of carbonyl (C=O) groups is 1. The van der Waals surface area contributed by atoms with Crippen LogP contribution in [0, 0.1) is 0 Å². The summed E-state index contributed by atoms with van der Waals surface area (Å²) < 4.78 is 10.9. The molecule has 4 rings (SSSR count). The minimum Gasteiger partial charge on any atom is -0.493 e. The number of hydrogen-bond donors (Lipinski definition) is 3. The molecule has 1 heterocycles. The zero-order chi connectivity index (χ0) is 23.2. The van der Waals surface area contributed by atoms with E-state index in [0.717, 1.165) is 42.0 Å². The van der Waals surface area contributed by atoms with E-state index < -0.39 is 0 Å². The number of ether oxygens (including phenoxy) is 2. The van der Waals surface area contributed by atoms with Crippen molar-refractivity contribution >= 4 is 28.6 Å². The van der Waals surface area contributed by atoms with E-state index in [1.807, 2.05) is 48.5 Å². The summed E-state index contributed by atoms with van der Waals surface area (Å²) in [6.45, 7) is 4.02. The van der Waals surface area contributed by atoms with Crippen molar-refractivity contribution < 1.29 is 14.3 Å². The molecule has 3 aromatic rings. The number of nitrogens with one attached hydrogen (secondary N) is 3. The van der Waals surface area contributed by atoms with E-state index in [1.165, 1.54) is 5.56 Å². The van der Waals surface area contributed by atoms with Crippen molar-refractivity contribution in [3.63, 3.8) is 0 Å². The van der Waals surface area contributed by atoms with Crippen LogP contribution in [0.2, 0.25) is 0 Å². The Balaban J connectivity index is 1.76. The summed E-state index contributed by atoms with van der Waals surface area (Å²) in [7, 11) is 3.17. The first-order valence-electron chi connectivity index (χ1n) is 11.1. The van der Waals surface area contributed by atoms with Gasteiger partial charge < -0.3 is 25.4 Å². The standard InChI is InChI=1S/C27H29N3O3/c1-4-28-15-14-18-10-12-20(13-11-18)29-26(19-8-6-5-7-9-19)25-21-16-23(32-2)24(33-3)17-22(21)30-27(25)31/h5-13,16-17,28-29H,4,14-15H2,1-3H3,(H,30,31). The molecule has 0 fully saturated rings. The van der Waals surface area contributed by atoms with Crippen LogP contribution in [0.1, 0.15) is 23.6 Å². The highest BCUT2D eigenvalue weighted by atomic mass is 16.5. The topological polar surface area (TPSA) is 71.6 Å². The summed E-state index contributed by atoms with van der Waals surface area (Å²) in [5.41, 5.74) is 5.86. The number of likely N-dealkylation sites (N-methyl/N-ethyl adjacent to an activating group) is 1. The van der Waals surface area contributed by atoms with Crippen molar-refractivity contribution in [2.45, 2.75) is 13.3 Å². The van der Waals surface area contributed by atoms with Gasteiger partial charge in [0.15, 0.2) is 11.5 Å². The van der Waals surface area contributed by atoms with Crippen LogP contribution in [0.25, 0.3) is 11.3 Å². The number of fused-ring (bicyclic) bond motifs is 1. The minimum atomic E-state index is -0.172. The van der Waals surface area contributed by atoms with E-state index >= 15 is 0 Å². The van der Waals surface area contributed by atoms with Gasteiger partial charge in [-0.1, -0.05) is 49.4 Å². The largest absolute Gasteiger partial charge is 0.493 e. The summed E-state index contributed by atoms with van der Waals surface area (Å²) in [6.07, 6.45) is 0.970. The van der Waals surface area contributed by atoms with Crippen LogP contribution >= 0.6 is 0 Å². The third kappa shape index (κ3) is 4.86. The number of methoxy groups -OCH3 is 2. The van der Waals surface area contributed by atoms with Crippen molar-refractivity contribution in [3.05, 3.63) is 83.4 Å². The molecule has 33 heavy (non-hydrogen) atoms. The predicted octanol–water partition coefficient (Wildman–Crippen LogP) is 4.79.